The van der Waals surface area contributed by atoms with Crippen molar-refractivity contribution in [3.63, 3.8) is 0 Å². The molecule has 0 aromatic heterocycles. The molecule has 2 atom stereocenters. The maximum absolute atomic E-state index is 12.3. The predicted molar refractivity (Wildman–Crippen MR) is 93.3 cm³/mol. The maximum atomic E-state index is 12.3. The SMILES string of the molecule is COc1ccc(CN2C(=O)O[C@@H]3CN(S(=O)(=O)N(C)C)C[C@@H]32)cc1OC. The van der Waals surface area contributed by atoms with E-state index in [1.165, 1.54) is 18.4 Å². The van der Waals surface area contributed by atoms with Gasteiger partial charge < -0.3 is 14.2 Å². The summed E-state index contributed by atoms with van der Waals surface area (Å²) in [4.78, 5) is 13.8. The number of hydrogen-bond donors (Lipinski definition) is 0. The molecule has 1 aromatic rings. The second-order valence-corrected chi connectivity index (χ2v) is 8.56. The standard InChI is InChI=1S/C16H23N3O6S/c1-17(2)26(21,22)18-9-12-15(10-18)25-16(20)19(12)8-11-5-6-13(23-3)14(7-11)24-4/h5-7,12,15H,8-10H2,1-4H3/t12-,15+/m0/s1. The molecule has 2 saturated heterocycles. The van der Waals surface area contributed by atoms with Gasteiger partial charge in [-0.3, -0.25) is 4.90 Å². The third-order valence-corrected chi connectivity index (χ3v) is 6.55. The minimum atomic E-state index is -3.54. The number of fused-ring (bicyclic) bond motifs is 1. The van der Waals surface area contributed by atoms with Crippen LogP contribution in [0.2, 0.25) is 0 Å². The van der Waals surface area contributed by atoms with Crippen LogP contribution in [0.15, 0.2) is 18.2 Å². The van der Waals surface area contributed by atoms with E-state index in [4.69, 9.17) is 14.2 Å². The van der Waals surface area contributed by atoms with Gasteiger partial charge in [0.15, 0.2) is 11.5 Å². The number of methoxy groups -OCH3 is 2. The molecule has 2 aliphatic rings. The van der Waals surface area contributed by atoms with Gasteiger partial charge in [-0.2, -0.15) is 17.0 Å². The highest BCUT2D eigenvalue weighted by Gasteiger charge is 2.50. The van der Waals surface area contributed by atoms with Crippen molar-refractivity contribution in [2.75, 3.05) is 41.4 Å². The van der Waals surface area contributed by atoms with Crippen LogP contribution in [-0.2, 0) is 21.5 Å². The fourth-order valence-corrected chi connectivity index (χ4v) is 4.39. The van der Waals surface area contributed by atoms with Gasteiger partial charge in [0.25, 0.3) is 10.2 Å². The van der Waals surface area contributed by atoms with E-state index < -0.39 is 22.4 Å². The second-order valence-electron chi connectivity index (χ2n) is 6.41. The average Bonchev–Trinajstić information content (AvgIpc) is 3.14. The Kier molecular flexibility index (Phi) is 5.00. The van der Waals surface area contributed by atoms with Gasteiger partial charge >= 0.3 is 6.09 Å². The molecule has 0 unspecified atom stereocenters. The lowest BCUT2D eigenvalue weighted by atomic mass is 10.1. The minimum Gasteiger partial charge on any atom is -0.493 e. The molecule has 0 N–H and O–H groups in total. The number of carbonyl (C=O) groups is 1. The van der Waals surface area contributed by atoms with E-state index >= 15 is 0 Å². The van der Waals surface area contributed by atoms with Crippen molar-refractivity contribution in [1.29, 1.82) is 0 Å². The number of hydrogen-bond acceptors (Lipinski definition) is 6. The first-order chi connectivity index (χ1) is 12.3. The predicted octanol–water partition coefficient (Wildman–Crippen LogP) is 0.515. The molecule has 1 amide bonds. The monoisotopic (exact) mass is 385 g/mol. The van der Waals surface area contributed by atoms with Crippen LogP contribution in [0.5, 0.6) is 11.5 Å². The summed E-state index contributed by atoms with van der Waals surface area (Å²) in [7, 11) is 2.52. The molecular weight excluding hydrogens is 362 g/mol. The summed E-state index contributed by atoms with van der Waals surface area (Å²) in [5.74, 6) is 1.17. The molecule has 0 spiro atoms. The smallest absolute Gasteiger partial charge is 0.410 e. The molecule has 9 nitrogen and oxygen atoms in total. The third-order valence-electron chi connectivity index (χ3n) is 4.68. The lowest BCUT2D eigenvalue weighted by Crippen LogP contribution is -2.42. The molecule has 2 fully saturated rings. The summed E-state index contributed by atoms with van der Waals surface area (Å²) in [6, 6.07) is 5.09. The van der Waals surface area contributed by atoms with Crippen LogP contribution in [-0.4, -0.2) is 81.6 Å². The number of nitrogens with zero attached hydrogens (tertiary/aromatic N) is 3. The van der Waals surface area contributed by atoms with E-state index in [1.54, 1.807) is 31.3 Å². The number of rotatable bonds is 6. The molecule has 2 heterocycles. The second kappa shape index (κ2) is 6.93. The van der Waals surface area contributed by atoms with Gasteiger partial charge in [-0.1, -0.05) is 6.07 Å². The summed E-state index contributed by atoms with van der Waals surface area (Å²) in [5.41, 5.74) is 0.842. The van der Waals surface area contributed by atoms with Crippen molar-refractivity contribution in [2.24, 2.45) is 0 Å². The van der Waals surface area contributed by atoms with Crippen LogP contribution in [0.4, 0.5) is 4.79 Å². The van der Waals surface area contributed by atoms with Gasteiger partial charge in [-0.05, 0) is 17.7 Å². The highest BCUT2D eigenvalue weighted by Crippen LogP contribution is 2.32. The normalized spacial score (nSPS) is 23.3. The van der Waals surface area contributed by atoms with Crippen LogP contribution in [0.3, 0.4) is 0 Å². The van der Waals surface area contributed by atoms with Crippen molar-refractivity contribution in [1.82, 2.24) is 13.5 Å². The average molecular weight is 385 g/mol. The maximum Gasteiger partial charge on any atom is 0.410 e. The zero-order valence-corrected chi connectivity index (χ0v) is 16.0. The van der Waals surface area contributed by atoms with E-state index in [9.17, 15) is 13.2 Å². The minimum absolute atomic E-state index is 0.166. The van der Waals surface area contributed by atoms with Gasteiger partial charge in [0.05, 0.1) is 26.8 Å². The molecule has 0 radical (unpaired) electrons. The van der Waals surface area contributed by atoms with Gasteiger partial charge in [0.2, 0.25) is 0 Å². The molecule has 0 bridgehead atoms. The quantitative estimate of drug-likeness (QED) is 0.709. The number of benzene rings is 1. The van der Waals surface area contributed by atoms with Crippen LogP contribution < -0.4 is 9.47 Å². The fourth-order valence-electron chi connectivity index (χ4n) is 3.25. The van der Waals surface area contributed by atoms with Gasteiger partial charge in [-0.25, -0.2) is 4.79 Å². The van der Waals surface area contributed by atoms with Crippen LogP contribution in [0, 0.1) is 0 Å². The number of amides is 1. The molecule has 10 heteroatoms. The zero-order valence-electron chi connectivity index (χ0n) is 15.2. The molecule has 2 aliphatic heterocycles. The van der Waals surface area contributed by atoms with E-state index in [1.807, 2.05) is 6.07 Å². The Morgan fingerprint density at radius 3 is 2.50 bits per heavy atom. The molecule has 0 saturated carbocycles. The Labute approximate surface area is 153 Å². The van der Waals surface area contributed by atoms with Gasteiger partial charge in [0, 0.05) is 27.2 Å². The molecule has 0 aliphatic carbocycles. The van der Waals surface area contributed by atoms with E-state index in [2.05, 4.69) is 0 Å². The fraction of sp³-hybridized carbons (Fsp3) is 0.562. The Morgan fingerprint density at radius 2 is 1.88 bits per heavy atom. The lowest BCUT2D eigenvalue weighted by Gasteiger charge is -2.24. The highest BCUT2D eigenvalue weighted by atomic mass is 32.2. The van der Waals surface area contributed by atoms with Gasteiger partial charge in [-0.15, -0.1) is 0 Å². The number of ether oxygens (including phenoxy) is 3. The van der Waals surface area contributed by atoms with Crippen molar-refractivity contribution in [2.45, 2.75) is 18.7 Å². The molecule has 1 aromatic carbocycles. The van der Waals surface area contributed by atoms with Crippen molar-refractivity contribution >= 4 is 16.3 Å². The first-order valence-corrected chi connectivity index (χ1v) is 9.53. The largest absolute Gasteiger partial charge is 0.493 e. The zero-order chi connectivity index (χ0) is 19.1. The Hall–Kier alpha value is -2.04. The Balaban J connectivity index is 1.78. The molecule has 3 rings (SSSR count). The van der Waals surface area contributed by atoms with Crippen molar-refractivity contribution in [3.05, 3.63) is 23.8 Å². The molecule has 144 valence electrons. The topological polar surface area (TPSA) is 88.6 Å². The molecule has 26 heavy (non-hydrogen) atoms. The van der Waals surface area contributed by atoms with Crippen LogP contribution in [0.1, 0.15) is 5.56 Å². The lowest BCUT2D eigenvalue weighted by molar-refractivity contribution is 0.128. The first-order valence-electron chi connectivity index (χ1n) is 8.13. The summed E-state index contributed by atoms with van der Waals surface area (Å²) >= 11 is 0. The molecular formula is C16H23N3O6S. The van der Waals surface area contributed by atoms with Crippen molar-refractivity contribution in [3.8, 4) is 11.5 Å². The summed E-state index contributed by atoms with van der Waals surface area (Å²) < 4.78 is 43.0. The Morgan fingerprint density at radius 1 is 1.19 bits per heavy atom. The van der Waals surface area contributed by atoms with E-state index in [-0.39, 0.29) is 19.1 Å². The third kappa shape index (κ3) is 3.19. The van der Waals surface area contributed by atoms with Crippen LogP contribution in [0.25, 0.3) is 0 Å². The summed E-state index contributed by atoms with van der Waals surface area (Å²) in [6.45, 7) is 0.680. The Bertz CT molecular complexity index is 797. The number of carbonyl (C=O) groups excluding carboxylic acids is 1. The first kappa shape index (κ1) is 18.7. The van der Waals surface area contributed by atoms with Crippen LogP contribution >= 0.6 is 0 Å². The van der Waals surface area contributed by atoms with Crippen molar-refractivity contribution < 1.29 is 27.4 Å². The summed E-state index contributed by atoms with van der Waals surface area (Å²) in [5, 5.41) is 0. The van der Waals surface area contributed by atoms with E-state index in [0.717, 1.165) is 9.87 Å². The van der Waals surface area contributed by atoms with Gasteiger partial charge in [0.1, 0.15) is 6.10 Å². The van der Waals surface area contributed by atoms with E-state index in [0.29, 0.717) is 18.0 Å². The summed E-state index contributed by atoms with van der Waals surface area (Å²) in [6.07, 6.45) is -0.894. The highest BCUT2D eigenvalue weighted by molar-refractivity contribution is 7.86.